The van der Waals surface area contributed by atoms with Crippen molar-refractivity contribution >= 4 is 17.3 Å². The van der Waals surface area contributed by atoms with Gasteiger partial charge < -0.3 is 15.0 Å². The van der Waals surface area contributed by atoms with Gasteiger partial charge in [0, 0.05) is 36.4 Å². The molecule has 1 unspecified atom stereocenters. The monoisotopic (exact) mass is 296 g/mol. The average Bonchev–Trinajstić information content (AvgIpc) is 2.88. The fourth-order valence-electron chi connectivity index (χ4n) is 2.42. The molecule has 3 nitrogen and oxygen atoms in total. The third-order valence-corrected chi connectivity index (χ3v) is 3.92. The van der Waals surface area contributed by atoms with Crippen molar-refractivity contribution < 1.29 is 4.74 Å². The molecular formula is C16H25ClN2O. The van der Waals surface area contributed by atoms with Crippen LogP contribution in [0.5, 0.6) is 0 Å². The second-order valence-electron chi connectivity index (χ2n) is 6.50. The molecule has 1 saturated heterocycles. The van der Waals surface area contributed by atoms with Crippen molar-refractivity contribution in [1.29, 1.82) is 0 Å². The van der Waals surface area contributed by atoms with Crippen molar-refractivity contribution in [3.8, 4) is 0 Å². The Kier molecular flexibility index (Phi) is 4.95. The lowest BCUT2D eigenvalue weighted by atomic mass is 10.1. The van der Waals surface area contributed by atoms with Crippen LogP contribution in [0, 0.1) is 0 Å². The maximum atomic E-state index is 6.16. The number of benzene rings is 1. The predicted octanol–water partition coefficient (Wildman–Crippen LogP) is 3.45. The van der Waals surface area contributed by atoms with E-state index in [2.05, 4.69) is 50.2 Å². The minimum Gasteiger partial charge on any atom is -0.379 e. The van der Waals surface area contributed by atoms with Crippen LogP contribution in [0.2, 0.25) is 5.02 Å². The molecule has 1 N–H and O–H groups in total. The van der Waals surface area contributed by atoms with Crippen molar-refractivity contribution in [2.75, 3.05) is 25.2 Å². The number of nitrogens with zero attached hydrogens (tertiary/aromatic N) is 1. The van der Waals surface area contributed by atoms with E-state index < -0.39 is 0 Å². The fourth-order valence-corrected chi connectivity index (χ4v) is 2.62. The molecule has 1 fully saturated rings. The Morgan fingerprint density at radius 2 is 2.15 bits per heavy atom. The molecule has 0 aliphatic carbocycles. The lowest BCUT2D eigenvalue weighted by Crippen LogP contribution is -2.37. The molecule has 1 atom stereocenters. The zero-order valence-corrected chi connectivity index (χ0v) is 13.6. The van der Waals surface area contributed by atoms with Crippen molar-refractivity contribution in [2.45, 2.75) is 45.3 Å². The van der Waals surface area contributed by atoms with Gasteiger partial charge in [-0.2, -0.15) is 0 Å². The molecule has 0 amide bonds. The Morgan fingerprint density at radius 1 is 1.40 bits per heavy atom. The number of nitrogens with one attached hydrogen (secondary N) is 1. The van der Waals surface area contributed by atoms with E-state index in [4.69, 9.17) is 16.3 Å². The van der Waals surface area contributed by atoms with E-state index in [1.54, 1.807) is 0 Å². The van der Waals surface area contributed by atoms with E-state index >= 15 is 0 Å². The molecule has 0 radical (unpaired) electrons. The number of ether oxygens (including phenoxy) is 1. The first-order chi connectivity index (χ1) is 9.37. The number of hydrogen-bond acceptors (Lipinski definition) is 3. The molecule has 20 heavy (non-hydrogen) atoms. The summed E-state index contributed by atoms with van der Waals surface area (Å²) in [6.45, 7) is 9.00. The topological polar surface area (TPSA) is 24.5 Å². The summed E-state index contributed by atoms with van der Waals surface area (Å²) in [5.41, 5.74) is 2.57. The molecule has 2 rings (SSSR count). The Balaban J connectivity index is 2.18. The highest BCUT2D eigenvalue weighted by Crippen LogP contribution is 2.27. The summed E-state index contributed by atoms with van der Waals surface area (Å²) in [6.07, 6.45) is 1.09. The van der Waals surface area contributed by atoms with E-state index in [1.807, 2.05) is 6.07 Å². The van der Waals surface area contributed by atoms with Crippen LogP contribution < -0.4 is 10.2 Å². The molecule has 0 spiro atoms. The molecule has 1 aliphatic rings. The van der Waals surface area contributed by atoms with Gasteiger partial charge in [0.25, 0.3) is 0 Å². The van der Waals surface area contributed by atoms with Crippen LogP contribution in [0.25, 0.3) is 0 Å². The van der Waals surface area contributed by atoms with Gasteiger partial charge in [0.2, 0.25) is 0 Å². The number of anilines is 1. The normalized spacial score (nSPS) is 19.4. The highest BCUT2D eigenvalue weighted by Gasteiger charge is 2.22. The average molecular weight is 297 g/mol. The molecule has 0 aromatic heterocycles. The fraction of sp³-hybridized carbons (Fsp3) is 0.625. The maximum absolute atomic E-state index is 6.16. The predicted molar refractivity (Wildman–Crippen MR) is 85.7 cm³/mol. The van der Waals surface area contributed by atoms with Gasteiger partial charge >= 0.3 is 0 Å². The zero-order valence-electron chi connectivity index (χ0n) is 12.9. The first-order valence-electron chi connectivity index (χ1n) is 7.21. The van der Waals surface area contributed by atoms with Crippen LogP contribution in [-0.4, -0.2) is 31.8 Å². The summed E-state index contributed by atoms with van der Waals surface area (Å²) in [5, 5.41) is 4.32. The third kappa shape index (κ3) is 4.11. The summed E-state index contributed by atoms with van der Waals surface area (Å²) in [4.78, 5) is 2.32. The van der Waals surface area contributed by atoms with E-state index in [9.17, 15) is 0 Å². The van der Waals surface area contributed by atoms with E-state index in [1.165, 1.54) is 11.3 Å². The second kappa shape index (κ2) is 6.33. The second-order valence-corrected chi connectivity index (χ2v) is 6.94. The Bertz CT molecular complexity index is 450. The highest BCUT2D eigenvalue weighted by atomic mass is 35.5. The molecule has 4 heteroatoms. The van der Waals surface area contributed by atoms with Crippen molar-refractivity contribution in [3.63, 3.8) is 0 Å². The van der Waals surface area contributed by atoms with E-state index in [-0.39, 0.29) is 5.54 Å². The number of likely N-dealkylation sites (N-methyl/N-ethyl adjacent to an activating group) is 1. The summed E-state index contributed by atoms with van der Waals surface area (Å²) >= 11 is 6.16. The largest absolute Gasteiger partial charge is 0.379 e. The van der Waals surface area contributed by atoms with Gasteiger partial charge in [0.1, 0.15) is 0 Å². The highest BCUT2D eigenvalue weighted by molar-refractivity contribution is 6.30. The summed E-state index contributed by atoms with van der Waals surface area (Å²) < 4.78 is 5.49. The molecule has 0 saturated carbocycles. The molecule has 1 aliphatic heterocycles. The lowest BCUT2D eigenvalue weighted by Gasteiger charge is -2.29. The standard InChI is InChI=1S/C16H25ClN2O/c1-16(2,3)18-10-12-9-13(17)5-6-15(12)19(4)14-7-8-20-11-14/h5-6,9,14,18H,7-8,10-11H2,1-4H3. The minimum absolute atomic E-state index is 0.0919. The number of rotatable bonds is 4. The van der Waals surface area contributed by atoms with Crippen LogP contribution in [0.4, 0.5) is 5.69 Å². The smallest absolute Gasteiger partial charge is 0.0670 e. The molecule has 1 heterocycles. The van der Waals surface area contributed by atoms with Crippen molar-refractivity contribution in [3.05, 3.63) is 28.8 Å². The van der Waals surface area contributed by atoms with Crippen LogP contribution in [-0.2, 0) is 11.3 Å². The summed E-state index contributed by atoms with van der Waals surface area (Å²) in [6, 6.07) is 6.59. The Hall–Kier alpha value is -0.770. The quantitative estimate of drug-likeness (QED) is 0.921. The molecule has 112 valence electrons. The number of hydrogen-bond donors (Lipinski definition) is 1. The van der Waals surface area contributed by atoms with Gasteiger partial charge in [-0.3, -0.25) is 0 Å². The van der Waals surface area contributed by atoms with Gasteiger partial charge in [0.15, 0.2) is 0 Å². The van der Waals surface area contributed by atoms with E-state index in [0.717, 1.165) is 31.2 Å². The summed E-state index contributed by atoms with van der Waals surface area (Å²) in [5.74, 6) is 0. The van der Waals surface area contributed by atoms with Gasteiger partial charge in [-0.1, -0.05) is 11.6 Å². The van der Waals surface area contributed by atoms with Crippen molar-refractivity contribution in [1.82, 2.24) is 5.32 Å². The van der Waals surface area contributed by atoms with Gasteiger partial charge in [-0.25, -0.2) is 0 Å². The van der Waals surface area contributed by atoms with E-state index in [0.29, 0.717) is 6.04 Å². The molecular weight excluding hydrogens is 272 g/mol. The Morgan fingerprint density at radius 3 is 2.75 bits per heavy atom. The van der Waals surface area contributed by atoms with Crippen LogP contribution in [0.1, 0.15) is 32.8 Å². The SMILES string of the molecule is CN(c1ccc(Cl)cc1CNC(C)(C)C)C1CCOC1. The molecule has 0 bridgehead atoms. The number of halogens is 1. The Labute approximate surface area is 127 Å². The van der Waals surface area contributed by atoms with Crippen molar-refractivity contribution in [2.24, 2.45) is 0 Å². The first-order valence-corrected chi connectivity index (χ1v) is 7.58. The first kappa shape index (κ1) is 15.6. The van der Waals surface area contributed by atoms with Crippen LogP contribution in [0.3, 0.4) is 0 Å². The molecule has 1 aromatic rings. The lowest BCUT2D eigenvalue weighted by molar-refractivity contribution is 0.193. The minimum atomic E-state index is 0.0919. The van der Waals surface area contributed by atoms with Gasteiger partial charge in [-0.15, -0.1) is 0 Å². The zero-order chi connectivity index (χ0) is 14.8. The van der Waals surface area contributed by atoms with Crippen LogP contribution >= 0.6 is 11.6 Å². The molecule has 1 aromatic carbocycles. The van der Waals surface area contributed by atoms with Gasteiger partial charge in [0.05, 0.1) is 12.6 Å². The van der Waals surface area contributed by atoms with Crippen LogP contribution in [0.15, 0.2) is 18.2 Å². The maximum Gasteiger partial charge on any atom is 0.0670 e. The third-order valence-electron chi connectivity index (χ3n) is 3.68. The van der Waals surface area contributed by atoms with Gasteiger partial charge in [-0.05, 0) is 51.0 Å². The summed E-state index contributed by atoms with van der Waals surface area (Å²) in [7, 11) is 2.14.